The molecular formula is C12H12NNaO2S. The Hall–Kier alpha value is -0.810. The molecule has 0 bridgehead atoms. The molecule has 0 aliphatic carbocycles. The van der Waals surface area contributed by atoms with E-state index >= 15 is 0 Å². The first-order chi connectivity index (χ1) is 7.68. The van der Waals surface area contributed by atoms with Crippen molar-refractivity contribution >= 4 is 15.7 Å². The third-order valence-corrected chi connectivity index (χ3v) is 3.48. The summed E-state index contributed by atoms with van der Waals surface area (Å²) in [7, 11) is -3.46. The van der Waals surface area contributed by atoms with Crippen LogP contribution in [0.3, 0.4) is 0 Å². The third-order valence-electron chi connectivity index (χ3n) is 2.08. The molecule has 0 saturated heterocycles. The molecule has 0 atom stereocenters. The molecule has 2 aromatic rings. The molecule has 0 heterocycles. The van der Waals surface area contributed by atoms with Crippen molar-refractivity contribution < 1.29 is 39.4 Å². The second kappa shape index (κ2) is 6.21. The van der Waals surface area contributed by atoms with Crippen LogP contribution in [-0.4, -0.2) is 8.42 Å². The van der Waals surface area contributed by atoms with Gasteiger partial charge in [0, 0.05) is 5.69 Å². The number of para-hydroxylation sites is 1. The Morgan fingerprint density at radius 3 is 1.82 bits per heavy atom. The largest absolute Gasteiger partial charge is 1.00 e. The van der Waals surface area contributed by atoms with Crippen LogP contribution in [0.5, 0.6) is 0 Å². The molecule has 84 valence electrons. The zero-order valence-corrected chi connectivity index (χ0v) is 12.3. The fraction of sp³-hybridized carbons (Fsp3) is 0. The first-order valence-electron chi connectivity index (χ1n) is 4.81. The molecule has 3 nitrogen and oxygen atoms in total. The second-order valence-electron chi connectivity index (χ2n) is 3.28. The Labute approximate surface area is 125 Å². The minimum atomic E-state index is -3.46. The summed E-state index contributed by atoms with van der Waals surface area (Å²) < 4.78 is 26.3. The van der Waals surface area contributed by atoms with Crippen LogP contribution in [0.2, 0.25) is 0 Å². The van der Waals surface area contributed by atoms with Gasteiger partial charge < -0.3 is 1.43 Å². The van der Waals surface area contributed by atoms with Gasteiger partial charge >= 0.3 is 29.6 Å². The minimum absolute atomic E-state index is 0. The van der Waals surface area contributed by atoms with Crippen LogP contribution in [0.25, 0.3) is 0 Å². The van der Waals surface area contributed by atoms with Gasteiger partial charge in [-0.25, -0.2) is 8.42 Å². The van der Waals surface area contributed by atoms with E-state index in [2.05, 4.69) is 4.72 Å². The van der Waals surface area contributed by atoms with Crippen molar-refractivity contribution in [1.82, 2.24) is 0 Å². The van der Waals surface area contributed by atoms with E-state index in [1.165, 1.54) is 0 Å². The maximum atomic E-state index is 11.9. The molecule has 0 aliphatic rings. The molecule has 2 aromatic carbocycles. The number of benzene rings is 2. The van der Waals surface area contributed by atoms with Gasteiger partial charge in [-0.15, -0.1) is 0 Å². The van der Waals surface area contributed by atoms with Crippen molar-refractivity contribution in [2.75, 3.05) is 4.72 Å². The number of rotatable bonds is 3. The van der Waals surface area contributed by atoms with E-state index in [-0.39, 0.29) is 35.9 Å². The van der Waals surface area contributed by atoms with Gasteiger partial charge in [-0.1, -0.05) is 36.4 Å². The standard InChI is InChI=1S/C12H11NO2S.Na.H/c14-16(15,12-9-5-2-6-10-12)13-11-7-3-1-4-8-11;;/h1-10,13H;;/q;+1;-1. The van der Waals surface area contributed by atoms with Crippen molar-refractivity contribution in [1.29, 1.82) is 0 Å². The quantitative estimate of drug-likeness (QED) is 0.761. The van der Waals surface area contributed by atoms with Crippen LogP contribution in [0.4, 0.5) is 5.69 Å². The fourth-order valence-corrected chi connectivity index (χ4v) is 2.40. The number of hydrogen-bond acceptors (Lipinski definition) is 2. The van der Waals surface area contributed by atoms with E-state index in [4.69, 9.17) is 0 Å². The minimum Gasteiger partial charge on any atom is -1.00 e. The predicted molar refractivity (Wildman–Crippen MR) is 64.8 cm³/mol. The average molecular weight is 257 g/mol. The summed E-state index contributed by atoms with van der Waals surface area (Å²) in [4.78, 5) is 0.263. The molecule has 0 unspecified atom stereocenters. The molecule has 17 heavy (non-hydrogen) atoms. The van der Waals surface area contributed by atoms with Gasteiger partial charge in [0.15, 0.2) is 0 Å². The van der Waals surface area contributed by atoms with Crippen LogP contribution < -0.4 is 34.3 Å². The van der Waals surface area contributed by atoms with Crippen molar-refractivity contribution in [3.05, 3.63) is 60.7 Å². The molecule has 5 heteroatoms. The SMILES string of the molecule is O=S(=O)(Nc1ccccc1)c1ccccc1.[H-].[Na+]. The zero-order chi connectivity index (χ0) is 11.4. The Bertz CT molecular complexity index is 561. The predicted octanol–water partition coefficient (Wildman–Crippen LogP) is -0.396. The number of sulfonamides is 1. The zero-order valence-electron chi connectivity index (χ0n) is 10.5. The summed E-state index contributed by atoms with van der Waals surface area (Å²) in [6.07, 6.45) is 0. The van der Waals surface area contributed by atoms with Gasteiger partial charge in [0.2, 0.25) is 0 Å². The van der Waals surface area contributed by atoms with Gasteiger partial charge in [-0.3, -0.25) is 4.72 Å². The summed E-state index contributed by atoms with van der Waals surface area (Å²) in [5.74, 6) is 0. The monoisotopic (exact) mass is 257 g/mol. The number of anilines is 1. The van der Waals surface area contributed by atoms with Crippen molar-refractivity contribution in [3.63, 3.8) is 0 Å². The molecule has 0 amide bonds. The van der Waals surface area contributed by atoms with E-state index in [0.29, 0.717) is 5.69 Å². The van der Waals surface area contributed by atoms with Gasteiger partial charge in [0.25, 0.3) is 10.0 Å². The van der Waals surface area contributed by atoms with Crippen molar-refractivity contribution in [2.45, 2.75) is 4.90 Å². The number of hydrogen-bond donors (Lipinski definition) is 1. The van der Waals surface area contributed by atoms with Crippen molar-refractivity contribution in [3.8, 4) is 0 Å². The van der Waals surface area contributed by atoms with Gasteiger partial charge in [0.1, 0.15) is 0 Å². The van der Waals surface area contributed by atoms with E-state index in [1.54, 1.807) is 54.6 Å². The summed E-state index contributed by atoms with van der Waals surface area (Å²) in [5.41, 5.74) is 0.561. The Morgan fingerprint density at radius 1 is 0.824 bits per heavy atom. The second-order valence-corrected chi connectivity index (χ2v) is 4.97. The first-order valence-corrected chi connectivity index (χ1v) is 6.30. The Morgan fingerprint density at radius 2 is 1.29 bits per heavy atom. The third kappa shape index (κ3) is 3.85. The van der Waals surface area contributed by atoms with Crippen LogP contribution in [-0.2, 0) is 10.0 Å². The topological polar surface area (TPSA) is 46.2 Å². The van der Waals surface area contributed by atoms with Gasteiger partial charge in [-0.2, -0.15) is 0 Å². The maximum absolute atomic E-state index is 11.9. The molecule has 0 aromatic heterocycles. The first kappa shape index (κ1) is 14.3. The van der Waals surface area contributed by atoms with E-state index in [1.807, 2.05) is 6.07 Å². The molecule has 0 radical (unpaired) electrons. The normalized spacial score (nSPS) is 10.4. The number of nitrogens with one attached hydrogen (secondary N) is 1. The molecule has 0 spiro atoms. The van der Waals surface area contributed by atoms with Crippen LogP contribution >= 0.6 is 0 Å². The molecule has 0 fully saturated rings. The average Bonchev–Trinajstić information content (AvgIpc) is 2.31. The smallest absolute Gasteiger partial charge is 1.00 e. The Balaban J connectivity index is 0.00000144. The van der Waals surface area contributed by atoms with Crippen LogP contribution in [0.15, 0.2) is 65.6 Å². The molecule has 0 saturated carbocycles. The summed E-state index contributed by atoms with van der Waals surface area (Å²) in [6.45, 7) is 0. The van der Waals surface area contributed by atoms with E-state index < -0.39 is 10.0 Å². The summed E-state index contributed by atoms with van der Waals surface area (Å²) in [5, 5.41) is 0. The molecule has 1 N–H and O–H groups in total. The molecule has 0 aliphatic heterocycles. The summed E-state index contributed by atoms with van der Waals surface area (Å²) >= 11 is 0. The summed E-state index contributed by atoms with van der Waals surface area (Å²) in [6, 6.07) is 17.1. The van der Waals surface area contributed by atoms with E-state index in [9.17, 15) is 8.42 Å². The van der Waals surface area contributed by atoms with Crippen LogP contribution in [0, 0.1) is 0 Å². The van der Waals surface area contributed by atoms with E-state index in [0.717, 1.165) is 0 Å². The maximum Gasteiger partial charge on any atom is 1.00 e. The molecular weight excluding hydrogens is 245 g/mol. The molecule has 2 rings (SSSR count). The van der Waals surface area contributed by atoms with Crippen molar-refractivity contribution in [2.24, 2.45) is 0 Å². The fourth-order valence-electron chi connectivity index (χ4n) is 1.32. The van der Waals surface area contributed by atoms with Crippen LogP contribution in [0.1, 0.15) is 1.43 Å². The van der Waals surface area contributed by atoms with Gasteiger partial charge in [-0.05, 0) is 24.3 Å². The van der Waals surface area contributed by atoms with Gasteiger partial charge in [0.05, 0.1) is 4.90 Å². The Kier molecular flexibility index (Phi) is 5.21.